The van der Waals surface area contributed by atoms with Crippen LogP contribution < -0.4 is 15.4 Å². The van der Waals surface area contributed by atoms with Gasteiger partial charge in [-0.2, -0.15) is 0 Å². The highest BCUT2D eigenvalue weighted by Crippen LogP contribution is 2.24. The zero-order valence-electron chi connectivity index (χ0n) is 14.5. The fourth-order valence-electron chi connectivity index (χ4n) is 2.45. The molecule has 0 atom stereocenters. The van der Waals surface area contributed by atoms with Crippen molar-refractivity contribution in [2.45, 2.75) is 0 Å². The van der Waals surface area contributed by atoms with Crippen LogP contribution in [0.25, 0.3) is 0 Å². The van der Waals surface area contributed by atoms with Crippen LogP contribution in [0.3, 0.4) is 0 Å². The third-order valence-electron chi connectivity index (χ3n) is 3.87. The largest absolute Gasteiger partial charge is 0.495 e. The Morgan fingerprint density at radius 3 is 1.96 bits per heavy atom. The molecule has 6 heteroatoms. The first-order valence-electron chi connectivity index (χ1n) is 8.18. The van der Waals surface area contributed by atoms with Crippen LogP contribution >= 0.6 is 22.6 Å². The number of ether oxygens (including phenoxy) is 1. The molecular weight excluding hydrogens is 455 g/mol. The Morgan fingerprint density at radius 2 is 1.33 bits per heavy atom. The lowest BCUT2D eigenvalue weighted by Crippen LogP contribution is -2.14. The Bertz CT molecular complexity index is 954. The number of methoxy groups -OCH3 is 1. The molecule has 3 aromatic rings. The van der Waals surface area contributed by atoms with Crippen LogP contribution in [0.4, 0.5) is 11.4 Å². The van der Waals surface area contributed by atoms with E-state index in [1.54, 1.807) is 55.6 Å². The Hall–Kier alpha value is -2.87. The van der Waals surface area contributed by atoms with Gasteiger partial charge in [0, 0.05) is 20.4 Å². The number of hydrogen-bond acceptors (Lipinski definition) is 3. The smallest absolute Gasteiger partial charge is 0.255 e. The SMILES string of the molecule is COc1ccccc1NC(=O)c1ccc(NC(=O)c2ccc(I)cc2)cc1. The highest BCUT2D eigenvalue weighted by Gasteiger charge is 2.10. The molecule has 27 heavy (non-hydrogen) atoms. The maximum absolute atomic E-state index is 12.4. The molecule has 3 rings (SSSR count). The van der Waals surface area contributed by atoms with E-state index in [1.807, 2.05) is 24.3 Å². The van der Waals surface area contributed by atoms with Gasteiger partial charge in [0.1, 0.15) is 5.75 Å². The molecule has 0 saturated heterocycles. The van der Waals surface area contributed by atoms with Gasteiger partial charge in [-0.15, -0.1) is 0 Å². The molecule has 0 aliphatic carbocycles. The summed E-state index contributed by atoms with van der Waals surface area (Å²) in [5.41, 5.74) is 2.27. The van der Waals surface area contributed by atoms with Gasteiger partial charge >= 0.3 is 0 Å². The van der Waals surface area contributed by atoms with Crippen molar-refractivity contribution in [2.75, 3.05) is 17.7 Å². The number of para-hydroxylation sites is 2. The molecule has 0 aromatic heterocycles. The minimum absolute atomic E-state index is 0.197. The van der Waals surface area contributed by atoms with Crippen molar-refractivity contribution < 1.29 is 14.3 Å². The predicted octanol–water partition coefficient (Wildman–Crippen LogP) is 4.80. The summed E-state index contributed by atoms with van der Waals surface area (Å²) in [4.78, 5) is 24.7. The molecule has 0 aliphatic rings. The summed E-state index contributed by atoms with van der Waals surface area (Å²) >= 11 is 2.19. The van der Waals surface area contributed by atoms with E-state index in [0.717, 1.165) is 3.57 Å². The van der Waals surface area contributed by atoms with Crippen molar-refractivity contribution in [3.63, 3.8) is 0 Å². The van der Waals surface area contributed by atoms with E-state index in [4.69, 9.17) is 4.74 Å². The van der Waals surface area contributed by atoms with E-state index in [0.29, 0.717) is 28.3 Å². The Balaban J connectivity index is 1.66. The molecule has 0 aliphatic heterocycles. The molecule has 0 bridgehead atoms. The van der Waals surface area contributed by atoms with Crippen LogP contribution in [0.5, 0.6) is 5.75 Å². The first-order chi connectivity index (χ1) is 13.1. The molecule has 5 nitrogen and oxygen atoms in total. The average Bonchev–Trinajstić information content (AvgIpc) is 2.69. The second-order valence-corrected chi connectivity index (χ2v) is 6.94. The normalized spacial score (nSPS) is 10.1. The molecule has 2 amide bonds. The number of carbonyl (C=O) groups excluding carboxylic acids is 2. The lowest BCUT2D eigenvalue weighted by Gasteiger charge is -2.10. The fraction of sp³-hybridized carbons (Fsp3) is 0.0476. The van der Waals surface area contributed by atoms with E-state index < -0.39 is 0 Å². The molecule has 136 valence electrons. The summed E-state index contributed by atoms with van der Waals surface area (Å²) in [5, 5.41) is 5.64. The second-order valence-electron chi connectivity index (χ2n) is 5.69. The summed E-state index contributed by atoms with van der Waals surface area (Å²) in [7, 11) is 1.55. The van der Waals surface area contributed by atoms with Gasteiger partial charge in [-0.3, -0.25) is 9.59 Å². The second kappa shape index (κ2) is 8.68. The number of amides is 2. The van der Waals surface area contributed by atoms with E-state index in [9.17, 15) is 9.59 Å². The maximum Gasteiger partial charge on any atom is 0.255 e. The van der Waals surface area contributed by atoms with E-state index in [-0.39, 0.29) is 11.8 Å². The van der Waals surface area contributed by atoms with Crippen molar-refractivity contribution in [3.05, 3.63) is 87.5 Å². The molecular formula is C21H17IN2O3. The third kappa shape index (κ3) is 4.85. The molecule has 0 spiro atoms. The number of halogens is 1. The maximum atomic E-state index is 12.4. The summed E-state index contributed by atoms with van der Waals surface area (Å²) in [6.45, 7) is 0. The van der Waals surface area contributed by atoms with Gasteiger partial charge in [0.2, 0.25) is 0 Å². The number of hydrogen-bond donors (Lipinski definition) is 2. The van der Waals surface area contributed by atoms with Gasteiger partial charge in [0.25, 0.3) is 11.8 Å². The topological polar surface area (TPSA) is 67.4 Å². The van der Waals surface area contributed by atoms with E-state index in [1.165, 1.54) is 0 Å². The van der Waals surface area contributed by atoms with Crippen LogP contribution in [0.15, 0.2) is 72.8 Å². The summed E-state index contributed by atoms with van der Waals surface area (Å²) in [6.07, 6.45) is 0. The number of anilines is 2. The van der Waals surface area contributed by atoms with Gasteiger partial charge < -0.3 is 15.4 Å². The minimum atomic E-state index is -0.255. The third-order valence-corrected chi connectivity index (χ3v) is 4.59. The zero-order chi connectivity index (χ0) is 19.2. The van der Waals surface area contributed by atoms with Gasteiger partial charge in [-0.1, -0.05) is 12.1 Å². The van der Waals surface area contributed by atoms with Crippen LogP contribution in [-0.2, 0) is 0 Å². The highest BCUT2D eigenvalue weighted by atomic mass is 127. The van der Waals surface area contributed by atoms with Crippen molar-refractivity contribution in [1.82, 2.24) is 0 Å². The van der Waals surface area contributed by atoms with Crippen molar-refractivity contribution >= 4 is 45.8 Å². The number of nitrogens with one attached hydrogen (secondary N) is 2. The van der Waals surface area contributed by atoms with Crippen LogP contribution in [0.2, 0.25) is 0 Å². The Kier molecular flexibility index (Phi) is 6.08. The number of rotatable bonds is 5. The van der Waals surface area contributed by atoms with Crippen LogP contribution in [0, 0.1) is 3.57 Å². The monoisotopic (exact) mass is 472 g/mol. The molecule has 0 fully saturated rings. The molecule has 0 heterocycles. The molecule has 0 unspecified atom stereocenters. The predicted molar refractivity (Wildman–Crippen MR) is 115 cm³/mol. The van der Waals surface area contributed by atoms with Gasteiger partial charge in [0.15, 0.2) is 0 Å². The highest BCUT2D eigenvalue weighted by molar-refractivity contribution is 14.1. The van der Waals surface area contributed by atoms with Gasteiger partial charge in [-0.05, 0) is 83.3 Å². The number of benzene rings is 3. The standard InChI is InChI=1S/C21H17IN2O3/c1-27-19-5-3-2-4-18(19)24-21(26)15-8-12-17(13-9-15)23-20(25)14-6-10-16(22)11-7-14/h2-13H,1H3,(H,23,25)(H,24,26). The quantitative estimate of drug-likeness (QED) is 0.525. The van der Waals surface area contributed by atoms with Crippen molar-refractivity contribution in [2.24, 2.45) is 0 Å². The first kappa shape index (κ1) is 18.9. The average molecular weight is 472 g/mol. The first-order valence-corrected chi connectivity index (χ1v) is 9.26. The van der Waals surface area contributed by atoms with Crippen molar-refractivity contribution in [1.29, 1.82) is 0 Å². The van der Waals surface area contributed by atoms with E-state index in [2.05, 4.69) is 33.2 Å². The van der Waals surface area contributed by atoms with Crippen LogP contribution in [-0.4, -0.2) is 18.9 Å². The van der Waals surface area contributed by atoms with Gasteiger partial charge in [0.05, 0.1) is 12.8 Å². The molecule has 0 saturated carbocycles. The van der Waals surface area contributed by atoms with E-state index >= 15 is 0 Å². The van der Waals surface area contributed by atoms with Gasteiger partial charge in [-0.25, -0.2) is 0 Å². The Morgan fingerprint density at radius 1 is 0.778 bits per heavy atom. The zero-order valence-corrected chi connectivity index (χ0v) is 16.7. The molecule has 3 aromatic carbocycles. The van der Waals surface area contributed by atoms with Crippen LogP contribution in [0.1, 0.15) is 20.7 Å². The Labute approximate surface area is 170 Å². The fourth-order valence-corrected chi connectivity index (χ4v) is 2.81. The lowest BCUT2D eigenvalue weighted by molar-refractivity contribution is 0.101. The summed E-state index contributed by atoms with van der Waals surface area (Å²) < 4.78 is 6.30. The summed E-state index contributed by atoms with van der Waals surface area (Å²) in [5.74, 6) is 0.139. The number of carbonyl (C=O) groups is 2. The molecule has 0 radical (unpaired) electrons. The molecule has 2 N–H and O–H groups in total. The van der Waals surface area contributed by atoms with Crippen molar-refractivity contribution in [3.8, 4) is 5.75 Å². The minimum Gasteiger partial charge on any atom is -0.495 e. The summed E-state index contributed by atoms with van der Waals surface area (Å²) in [6, 6.07) is 21.2. The lowest BCUT2D eigenvalue weighted by atomic mass is 10.1.